The third-order valence-corrected chi connectivity index (χ3v) is 10.4. The first-order valence-electron chi connectivity index (χ1n) is 18.6. The maximum atomic E-state index is 5.18. The Morgan fingerprint density at radius 2 is 0.852 bits per heavy atom. The normalized spacial score (nSPS) is 11.3. The van der Waals surface area contributed by atoms with Crippen LogP contribution in [0.5, 0.6) is 0 Å². The molecule has 4 heteroatoms. The van der Waals surface area contributed by atoms with E-state index in [1.54, 1.807) is 0 Å². The van der Waals surface area contributed by atoms with Crippen molar-refractivity contribution in [2.24, 2.45) is 0 Å². The quantitative estimate of drug-likeness (QED) is 0.148. The highest BCUT2D eigenvalue weighted by Gasteiger charge is 2.26. The summed E-state index contributed by atoms with van der Waals surface area (Å²) in [4.78, 5) is 17.5. The van der Waals surface area contributed by atoms with Gasteiger partial charge in [0.2, 0.25) is 5.95 Å². The largest absolute Gasteiger partial charge is 0.279 e. The third-order valence-electron chi connectivity index (χ3n) is 10.4. The zero-order chi connectivity index (χ0) is 37.3. The van der Waals surface area contributed by atoms with Crippen LogP contribution in [-0.4, -0.2) is 15.0 Å². The fraction of sp³-hybridized carbons (Fsp3) is 0.140. The summed E-state index contributed by atoms with van der Waals surface area (Å²) in [5.41, 5.74) is 15.6. The van der Waals surface area contributed by atoms with Crippen LogP contribution < -0.4 is 4.90 Å². The van der Waals surface area contributed by atoms with Gasteiger partial charge in [-0.2, -0.15) is 9.97 Å². The highest BCUT2D eigenvalue weighted by molar-refractivity contribution is 5.88. The topological polar surface area (TPSA) is 41.9 Å². The van der Waals surface area contributed by atoms with Crippen molar-refractivity contribution in [1.29, 1.82) is 0 Å². The number of hydrogen-bond acceptors (Lipinski definition) is 4. The Bertz CT molecular complexity index is 2450. The maximum absolute atomic E-state index is 5.18. The summed E-state index contributed by atoms with van der Waals surface area (Å²) >= 11 is 0. The maximum Gasteiger partial charge on any atom is 0.238 e. The first-order valence-corrected chi connectivity index (χ1v) is 18.6. The Hall–Kier alpha value is -6.39. The lowest BCUT2D eigenvalue weighted by Crippen LogP contribution is -2.16. The van der Waals surface area contributed by atoms with Gasteiger partial charge in [-0.1, -0.05) is 139 Å². The second-order valence-corrected chi connectivity index (χ2v) is 14.5. The number of anilines is 3. The molecule has 0 N–H and O–H groups in total. The smallest absolute Gasteiger partial charge is 0.238 e. The highest BCUT2D eigenvalue weighted by Crippen LogP contribution is 2.42. The number of aromatic nitrogens is 3. The van der Waals surface area contributed by atoms with Crippen molar-refractivity contribution in [2.75, 3.05) is 4.90 Å². The Labute approximate surface area is 318 Å². The molecule has 1 heterocycles. The van der Waals surface area contributed by atoms with Gasteiger partial charge < -0.3 is 0 Å². The van der Waals surface area contributed by atoms with Crippen molar-refractivity contribution in [3.05, 3.63) is 202 Å². The number of fused-ring (bicyclic) bond motifs is 1. The molecule has 0 atom stereocenters. The second-order valence-electron chi connectivity index (χ2n) is 14.5. The van der Waals surface area contributed by atoms with Crippen molar-refractivity contribution >= 4 is 28.1 Å². The molecule has 4 nitrogen and oxygen atoms in total. The van der Waals surface area contributed by atoms with E-state index in [0.717, 1.165) is 27.9 Å². The van der Waals surface area contributed by atoms with Gasteiger partial charge in [-0.05, 0) is 116 Å². The van der Waals surface area contributed by atoms with Gasteiger partial charge in [-0.15, -0.1) is 0 Å². The van der Waals surface area contributed by atoms with Gasteiger partial charge in [-0.3, -0.25) is 4.90 Å². The molecule has 0 radical (unpaired) electrons. The highest BCUT2D eigenvalue weighted by atomic mass is 15.3. The molecule has 0 saturated carbocycles. The van der Waals surface area contributed by atoms with Gasteiger partial charge in [0.05, 0.1) is 0 Å². The Morgan fingerprint density at radius 1 is 0.407 bits per heavy atom. The summed E-state index contributed by atoms with van der Waals surface area (Å²) in [5, 5.41) is 2.32. The summed E-state index contributed by atoms with van der Waals surface area (Å²) in [5.74, 6) is 1.87. The Morgan fingerprint density at radius 3 is 1.35 bits per heavy atom. The summed E-state index contributed by atoms with van der Waals surface area (Å²) < 4.78 is 0. The predicted octanol–water partition coefficient (Wildman–Crippen LogP) is 12.9. The van der Waals surface area contributed by atoms with E-state index in [0.29, 0.717) is 17.6 Å². The first kappa shape index (κ1) is 34.7. The molecule has 0 fully saturated rings. The molecule has 8 aromatic rings. The minimum Gasteiger partial charge on any atom is -0.279 e. The number of rotatable bonds is 8. The fourth-order valence-corrected chi connectivity index (χ4v) is 8.18. The van der Waals surface area contributed by atoms with Crippen molar-refractivity contribution in [3.8, 4) is 22.8 Å². The molecule has 0 amide bonds. The predicted molar refractivity (Wildman–Crippen MR) is 225 cm³/mol. The standard InChI is InChI=1S/C50H44N4/c1-32-27-34(3)45(35(4)28-32)47(46-36(5)29-33(2)30-37(46)6)39-22-24-43(25-23-39)54(44-26-21-38-15-13-14-20-42(38)31-44)50-52-48(40-16-9-7-10-17-40)51-49(53-50)41-18-11-8-12-19-41/h7-31,47H,1-6H3. The molecular weight excluding hydrogens is 657 g/mol. The lowest BCUT2D eigenvalue weighted by Gasteiger charge is -2.28. The van der Waals surface area contributed by atoms with Gasteiger partial charge in [0, 0.05) is 28.4 Å². The van der Waals surface area contributed by atoms with E-state index in [4.69, 9.17) is 15.0 Å². The second kappa shape index (κ2) is 14.6. The van der Waals surface area contributed by atoms with E-state index in [-0.39, 0.29) is 5.92 Å². The molecule has 7 aromatic carbocycles. The van der Waals surface area contributed by atoms with Crippen LogP contribution >= 0.6 is 0 Å². The van der Waals surface area contributed by atoms with Gasteiger partial charge in [0.25, 0.3) is 0 Å². The van der Waals surface area contributed by atoms with Crippen molar-refractivity contribution < 1.29 is 0 Å². The van der Waals surface area contributed by atoms with E-state index >= 15 is 0 Å². The van der Waals surface area contributed by atoms with E-state index in [2.05, 4.69) is 137 Å². The number of benzene rings is 7. The first-order chi connectivity index (χ1) is 26.2. The molecule has 8 rings (SSSR count). The van der Waals surface area contributed by atoms with Gasteiger partial charge in [0.1, 0.15) is 0 Å². The SMILES string of the molecule is Cc1cc(C)c(C(c2ccc(N(c3ccc4ccccc4c3)c3nc(-c4ccccc4)nc(-c4ccccc4)n3)cc2)c2c(C)cc(C)cc2C)c(C)c1. The molecule has 0 aliphatic carbocycles. The molecule has 264 valence electrons. The average molecular weight is 701 g/mol. The molecule has 0 spiro atoms. The Balaban J connectivity index is 1.34. The number of aryl methyl sites for hydroxylation is 6. The van der Waals surface area contributed by atoms with E-state index in [9.17, 15) is 0 Å². The van der Waals surface area contributed by atoms with Gasteiger partial charge >= 0.3 is 0 Å². The monoisotopic (exact) mass is 700 g/mol. The number of hydrogen-bond donors (Lipinski definition) is 0. The van der Waals surface area contributed by atoms with Crippen LogP contribution in [0.4, 0.5) is 17.3 Å². The van der Waals surface area contributed by atoms with Crippen LogP contribution in [0.1, 0.15) is 56.0 Å². The molecular formula is C50H44N4. The molecule has 1 aromatic heterocycles. The molecule has 0 bridgehead atoms. The van der Waals surface area contributed by atoms with Gasteiger partial charge in [0.15, 0.2) is 11.6 Å². The van der Waals surface area contributed by atoms with Crippen LogP contribution in [0.3, 0.4) is 0 Å². The summed E-state index contributed by atoms with van der Waals surface area (Å²) in [7, 11) is 0. The third kappa shape index (κ3) is 6.79. The molecule has 54 heavy (non-hydrogen) atoms. The van der Waals surface area contributed by atoms with E-state index in [1.807, 2.05) is 60.7 Å². The zero-order valence-corrected chi connectivity index (χ0v) is 31.8. The van der Waals surface area contributed by atoms with E-state index in [1.165, 1.54) is 55.5 Å². The molecule has 0 saturated heterocycles. The van der Waals surface area contributed by atoms with E-state index < -0.39 is 0 Å². The van der Waals surface area contributed by atoms with Crippen LogP contribution in [0.2, 0.25) is 0 Å². The van der Waals surface area contributed by atoms with Gasteiger partial charge in [-0.25, -0.2) is 4.98 Å². The average Bonchev–Trinajstić information content (AvgIpc) is 3.17. The van der Waals surface area contributed by atoms with Crippen molar-refractivity contribution in [2.45, 2.75) is 47.5 Å². The van der Waals surface area contributed by atoms with Crippen molar-refractivity contribution in [3.63, 3.8) is 0 Å². The van der Waals surface area contributed by atoms with Crippen LogP contribution in [0, 0.1) is 41.5 Å². The van der Waals surface area contributed by atoms with Crippen LogP contribution in [-0.2, 0) is 0 Å². The minimum absolute atomic E-state index is 0.0703. The lowest BCUT2D eigenvalue weighted by atomic mass is 9.77. The fourth-order valence-electron chi connectivity index (χ4n) is 8.18. The minimum atomic E-state index is 0.0703. The number of nitrogens with zero attached hydrogens (tertiary/aromatic N) is 4. The van der Waals surface area contributed by atoms with Crippen molar-refractivity contribution in [1.82, 2.24) is 15.0 Å². The summed E-state index contributed by atoms with van der Waals surface area (Å²) in [6.07, 6.45) is 0. The molecule has 0 aliphatic heterocycles. The molecule has 0 unspecified atom stereocenters. The lowest BCUT2D eigenvalue weighted by molar-refractivity contribution is 0.919. The Kier molecular flexibility index (Phi) is 9.35. The van der Waals surface area contributed by atoms with Crippen LogP contribution in [0.15, 0.2) is 152 Å². The zero-order valence-electron chi connectivity index (χ0n) is 31.8. The molecule has 0 aliphatic rings. The van der Waals surface area contributed by atoms with Crippen LogP contribution in [0.25, 0.3) is 33.5 Å². The summed E-state index contributed by atoms with van der Waals surface area (Å²) in [6.45, 7) is 13.4. The summed E-state index contributed by atoms with van der Waals surface area (Å²) in [6, 6.07) is 53.6.